The van der Waals surface area contributed by atoms with Crippen molar-refractivity contribution in [1.29, 1.82) is 0 Å². The molecule has 0 unspecified atom stereocenters. The van der Waals surface area contributed by atoms with E-state index in [1.165, 1.54) is 32.1 Å². The second-order valence-electron chi connectivity index (χ2n) is 5.28. The van der Waals surface area contributed by atoms with E-state index in [0.717, 1.165) is 23.4 Å². The van der Waals surface area contributed by atoms with Gasteiger partial charge in [-0.15, -0.1) is 0 Å². The van der Waals surface area contributed by atoms with Gasteiger partial charge in [0, 0.05) is 22.3 Å². The molecule has 0 aromatic heterocycles. The van der Waals surface area contributed by atoms with Crippen molar-refractivity contribution in [3.8, 4) is 0 Å². The monoisotopic (exact) mass is 324 g/mol. The van der Waals surface area contributed by atoms with Gasteiger partial charge in [0.2, 0.25) is 0 Å². The zero-order valence-corrected chi connectivity index (χ0v) is 12.7. The number of hydrogen-bond acceptors (Lipinski definition) is 2. The third-order valence-electron chi connectivity index (χ3n) is 3.83. The van der Waals surface area contributed by atoms with Crippen molar-refractivity contribution in [2.45, 2.75) is 38.5 Å². The van der Waals surface area contributed by atoms with Crippen LogP contribution in [0.4, 0.5) is 5.69 Å². The lowest BCUT2D eigenvalue weighted by Crippen LogP contribution is -2.26. The predicted molar refractivity (Wildman–Crippen MR) is 82.1 cm³/mol. The second kappa shape index (κ2) is 6.94. The van der Waals surface area contributed by atoms with E-state index in [-0.39, 0.29) is 5.91 Å². The lowest BCUT2D eigenvalue weighted by atomic mass is 9.87. The molecule has 1 fully saturated rings. The summed E-state index contributed by atoms with van der Waals surface area (Å²) in [5, 5.41) is 2.99. The first-order chi connectivity index (χ1) is 9.16. The summed E-state index contributed by atoms with van der Waals surface area (Å²) < 4.78 is 0.771. The van der Waals surface area contributed by atoms with Crippen LogP contribution in [0.5, 0.6) is 0 Å². The zero-order valence-electron chi connectivity index (χ0n) is 11.1. The lowest BCUT2D eigenvalue weighted by Gasteiger charge is -2.21. The van der Waals surface area contributed by atoms with Gasteiger partial charge in [-0.05, 0) is 46.5 Å². The molecule has 1 aliphatic rings. The van der Waals surface area contributed by atoms with Crippen LogP contribution in [-0.4, -0.2) is 12.5 Å². The van der Waals surface area contributed by atoms with Gasteiger partial charge in [0.25, 0.3) is 5.91 Å². The highest BCUT2D eigenvalue weighted by molar-refractivity contribution is 9.10. The highest BCUT2D eigenvalue weighted by Crippen LogP contribution is 2.25. The maximum atomic E-state index is 12.0. The minimum absolute atomic E-state index is 0.0171. The highest BCUT2D eigenvalue weighted by atomic mass is 79.9. The number of halogens is 1. The largest absolute Gasteiger partial charge is 0.398 e. The minimum atomic E-state index is -0.0171. The number of carbonyl (C=O) groups is 1. The Morgan fingerprint density at radius 3 is 2.74 bits per heavy atom. The van der Waals surface area contributed by atoms with E-state index in [1.54, 1.807) is 18.2 Å². The first-order valence-electron chi connectivity index (χ1n) is 7.00. The molecule has 0 aliphatic heterocycles. The van der Waals surface area contributed by atoms with E-state index in [4.69, 9.17) is 5.73 Å². The lowest BCUT2D eigenvalue weighted by molar-refractivity contribution is 0.0950. The number of benzene rings is 1. The summed E-state index contributed by atoms with van der Waals surface area (Å²) in [6.45, 7) is 0.769. The van der Waals surface area contributed by atoms with Crippen LogP contribution >= 0.6 is 15.9 Å². The van der Waals surface area contributed by atoms with Gasteiger partial charge in [-0.25, -0.2) is 0 Å². The Morgan fingerprint density at radius 1 is 1.32 bits per heavy atom. The third kappa shape index (κ3) is 4.23. The number of rotatable bonds is 4. The Bertz CT molecular complexity index is 442. The van der Waals surface area contributed by atoms with Gasteiger partial charge < -0.3 is 11.1 Å². The fourth-order valence-electron chi connectivity index (χ4n) is 2.64. The molecule has 1 aliphatic carbocycles. The third-order valence-corrected chi connectivity index (χ3v) is 4.51. The van der Waals surface area contributed by atoms with E-state index in [0.29, 0.717) is 11.3 Å². The Morgan fingerprint density at radius 2 is 2.05 bits per heavy atom. The number of carbonyl (C=O) groups excluding carboxylic acids is 1. The predicted octanol–water partition coefficient (Wildman–Crippen LogP) is 3.73. The van der Waals surface area contributed by atoms with E-state index in [2.05, 4.69) is 21.2 Å². The minimum Gasteiger partial charge on any atom is -0.398 e. The highest BCUT2D eigenvalue weighted by Gasteiger charge is 2.13. The Balaban J connectivity index is 1.78. The summed E-state index contributed by atoms with van der Waals surface area (Å²) in [6.07, 6.45) is 7.82. The molecule has 0 atom stereocenters. The molecule has 0 bridgehead atoms. The first kappa shape index (κ1) is 14.4. The van der Waals surface area contributed by atoms with Gasteiger partial charge >= 0.3 is 0 Å². The van der Waals surface area contributed by atoms with Crippen LogP contribution in [0.1, 0.15) is 48.9 Å². The van der Waals surface area contributed by atoms with Crippen LogP contribution in [0.15, 0.2) is 22.7 Å². The summed E-state index contributed by atoms with van der Waals surface area (Å²) in [4.78, 5) is 12.0. The van der Waals surface area contributed by atoms with Crippen LogP contribution in [-0.2, 0) is 0 Å². The summed E-state index contributed by atoms with van der Waals surface area (Å²) in [7, 11) is 0. The number of nitrogen functional groups attached to an aromatic ring is 1. The fourth-order valence-corrected chi connectivity index (χ4v) is 3.01. The van der Waals surface area contributed by atoms with Gasteiger partial charge in [-0.1, -0.05) is 32.1 Å². The Hall–Kier alpha value is -1.03. The summed E-state index contributed by atoms with van der Waals surface area (Å²) in [5.74, 6) is 0.781. The van der Waals surface area contributed by atoms with Crippen molar-refractivity contribution < 1.29 is 4.79 Å². The number of nitrogens with two attached hydrogens (primary N) is 1. The topological polar surface area (TPSA) is 55.1 Å². The average Bonchev–Trinajstić information content (AvgIpc) is 2.43. The van der Waals surface area contributed by atoms with Crippen molar-refractivity contribution >= 4 is 27.5 Å². The van der Waals surface area contributed by atoms with Gasteiger partial charge in [-0.2, -0.15) is 0 Å². The number of hydrogen-bond donors (Lipinski definition) is 2. The summed E-state index contributed by atoms with van der Waals surface area (Å²) >= 11 is 3.34. The second-order valence-corrected chi connectivity index (χ2v) is 6.14. The summed E-state index contributed by atoms with van der Waals surface area (Å²) in [6, 6.07) is 5.28. The SMILES string of the molecule is Nc1ccc(C(=O)NCCC2CCCCC2)cc1Br. The van der Waals surface area contributed by atoms with Crippen LogP contribution in [0.3, 0.4) is 0 Å². The van der Waals surface area contributed by atoms with E-state index < -0.39 is 0 Å². The van der Waals surface area contributed by atoms with Gasteiger partial charge in [-0.3, -0.25) is 4.79 Å². The number of anilines is 1. The van der Waals surface area contributed by atoms with Crippen molar-refractivity contribution in [3.63, 3.8) is 0 Å². The molecule has 1 aromatic rings. The molecule has 0 spiro atoms. The molecule has 2 rings (SSSR count). The van der Waals surface area contributed by atoms with Crippen LogP contribution in [0, 0.1) is 5.92 Å². The molecule has 0 saturated heterocycles. The van der Waals surface area contributed by atoms with E-state index in [1.807, 2.05) is 0 Å². The quantitative estimate of drug-likeness (QED) is 0.829. The molecule has 3 nitrogen and oxygen atoms in total. The van der Waals surface area contributed by atoms with E-state index in [9.17, 15) is 4.79 Å². The Labute approximate surface area is 123 Å². The van der Waals surface area contributed by atoms with Gasteiger partial charge in [0.15, 0.2) is 0 Å². The van der Waals surface area contributed by atoms with Crippen LogP contribution < -0.4 is 11.1 Å². The van der Waals surface area contributed by atoms with Gasteiger partial charge in [0.05, 0.1) is 0 Å². The smallest absolute Gasteiger partial charge is 0.251 e. The first-order valence-corrected chi connectivity index (χ1v) is 7.79. The van der Waals surface area contributed by atoms with Crippen molar-refractivity contribution in [2.75, 3.05) is 12.3 Å². The number of nitrogens with one attached hydrogen (secondary N) is 1. The molecular formula is C15H21BrN2O. The average molecular weight is 325 g/mol. The van der Waals surface area contributed by atoms with Crippen LogP contribution in [0.25, 0.3) is 0 Å². The molecule has 0 heterocycles. The fraction of sp³-hybridized carbons (Fsp3) is 0.533. The van der Waals surface area contributed by atoms with Gasteiger partial charge in [0.1, 0.15) is 0 Å². The van der Waals surface area contributed by atoms with Crippen molar-refractivity contribution in [3.05, 3.63) is 28.2 Å². The standard InChI is InChI=1S/C15H21BrN2O/c16-13-10-12(6-7-14(13)17)15(19)18-9-8-11-4-2-1-3-5-11/h6-7,10-11H,1-5,8-9,17H2,(H,18,19). The molecule has 0 radical (unpaired) electrons. The molecule has 1 amide bonds. The molecule has 104 valence electrons. The van der Waals surface area contributed by atoms with Crippen molar-refractivity contribution in [1.82, 2.24) is 5.32 Å². The molecule has 1 aromatic carbocycles. The zero-order chi connectivity index (χ0) is 13.7. The summed E-state index contributed by atoms with van der Waals surface area (Å²) in [5.41, 5.74) is 7.02. The molecule has 3 N–H and O–H groups in total. The molecule has 19 heavy (non-hydrogen) atoms. The van der Waals surface area contributed by atoms with Crippen molar-refractivity contribution in [2.24, 2.45) is 5.92 Å². The molecular weight excluding hydrogens is 304 g/mol. The normalized spacial score (nSPS) is 16.3. The maximum absolute atomic E-state index is 12.0. The molecule has 4 heteroatoms. The Kier molecular flexibility index (Phi) is 5.25. The van der Waals surface area contributed by atoms with E-state index >= 15 is 0 Å². The van der Waals surface area contributed by atoms with Crippen LogP contribution in [0.2, 0.25) is 0 Å². The molecule has 1 saturated carbocycles. The number of amides is 1. The maximum Gasteiger partial charge on any atom is 0.251 e.